The van der Waals surface area contributed by atoms with Crippen LogP contribution < -0.4 is 15.4 Å². The quantitative estimate of drug-likeness (QED) is 0.423. The molecule has 1 aromatic carbocycles. The number of amides is 1. The summed E-state index contributed by atoms with van der Waals surface area (Å²) >= 11 is 0. The summed E-state index contributed by atoms with van der Waals surface area (Å²) in [5.74, 6) is 0.337. The van der Waals surface area contributed by atoms with Crippen LogP contribution in [-0.2, 0) is 16.1 Å². The maximum atomic E-state index is 11.7. The number of nitrogens with zero attached hydrogens (tertiary/aromatic N) is 1. The number of rotatable bonds is 8. The molecule has 112 valence electrons. The van der Waals surface area contributed by atoms with Gasteiger partial charge >= 0.3 is 0 Å². The number of benzene rings is 1. The number of carbonyl (C=O) groups excluding carboxylic acids is 1. The number of nitriles is 1. The van der Waals surface area contributed by atoms with E-state index in [1.807, 2.05) is 30.3 Å². The molecule has 2 N–H and O–H groups in total. The van der Waals surface area contributed by atoms with Crippen molar-refractivity contribution in [1.82, 2.24) is 10.6 Å². The second kappa shape index (κ2) is 9.39. The van der Waals surface area contributed by atoms with E-state index in [0.717, 1.165) is 11.3 Å². The second-order valence-corrected chi connectivity index (χ2v) is 4.15. The number of hydrogen-bond acceptors (Lipinski definition) is 5. The fraction of sp³-hybridized carbons (Fsp3) is 0.333. The lowest BCUT2D eigenvalue weighted by molar-refractivity contribution is -0.117. The van der Waals surface area contributed by atoms with Gasteiger partial charge in [0, 0.05) is 26.4 Å². The topological polar surface area (TPSA) is 83.4 Å². The van der Waals surface area contributed by atoms with E-state index in [9.17, 15) is 4.79 Å². The minimum absolute atomic E-state index is 0.0222. The monoisotopic (exact) mass is 289 g/mol. The Balaban J connectivity index is 2.52. The lowest BCUT2D eigenvalue weighted by Crippen LogP contribution is -2.28. The van der Waals surface area contributed by atoms with Crippen molar-refractivity contribution in [3.63, 3.8) is 0 Å². The Kier molecular flexibility index (Phi) is 7.40. The highest BCUT2D eigenvalue weighted by Crippen LogP contribution is 2.12. The summed E-state index contributed by atoms with van der Waals surface area (Å²) in [5, 5.41) is 14.5. The first-order valence-electron chi connectivity index (χ1n) is 6.45. The number of hydrogen-bond donors (Lipinski definition) is 2. The van der Waals surface area contributed by atoms with Crippen molar-refractivity contribution in [2.24, 2.45) is 0 Å². The molecule has 0 atom stereocenters. The molecule has 0 unspecified atom stereocenters. The van der Waals surface area contributed by atoms with Crippen molar-refractivity contribution in [2.45, 2.75) is 6.54 Å². The number of ether oxygens (including phenoxy) is 2. The summed E-state index contributed by atoms with van der Waals surface area (Å²) in [6.07, 6.45) is 1.40. The summed E-state index contributed by atoms with van der Waals surface area (Å²) in [5.41, 5.74) is 1.01. The molecule has 21 heavy (non-hydrogen) atoms. The standard InChI is InChI=1S/C15H19N3O3/c1-20-7-6-18-15(19)13(9-16)11-17-10-12-4-3-5-14(8-12)21-2/h3-5,8,11,17H,6-7,10H2,1-2H3,(H,18,19)/b13-11-. The molecule has 0 heterocycles. The van der Waals surface area contributed by atoms with Gasteiger partial charge in [0.1, 0.15) is 17.4 Å². The van der Waals surface area contributed by atoms with E-state index in [1.165, 1.54) is 6.20 Å². The molecule has 1 rings (SSSR count). The molecule has 0 saturated heterocycles. The van der Waals surface area contributed by atoms with Crippen LogP contribution in [0.5, 0.6) is 5.75 Å². The summed E-state index contributed by atoms with van der Waals surface area (Å²) in [6, 6.07) is 9.39. The van der Waals surface area contributed by atoms with Gasteiger partial charge in [0.05, 0.1) is 13.7 Å². The van der Waals surface area contributed by atoms with Gasteiger partial charge in [0.25, 0.3) is 5.91 Å². The summed E-state index contributed by atoms with van der Waals surface area (Å²) in [7, 11) is 3.15. The van der Waals surface area contributed by atoms with E-state index >= 15 is 0 Å². The molecule has 0 spiro atoms. The number of nitrogens with one attached hydrogen (secondary N) is 2. The van der Waals surface area contributed by atoms with Crippen molar-refractivity contribution in [3.8, 4) is 11.8 Å². The van der Waals surface area contributed by atoms with Crippen LogP contribution in [0.2, 0.25) is 0 Å². The number of carbonyl (C=O) groups is 1. The molecule has 0 bridgehead atoms. The zero-order valence-electron chi connectivity index (χ0n) is 12.2. The van der Waals surface area contributed by atoms with Crippen LogP contribution in [0.15, 0.2) is 36.0 Å². The van der Waals surface area contributed by atoms with Crippen molar-refractivity contribution in [2.75, 3.05) is 27.4 Å². The minimum Gasteiger partial charge on any atom is -0.497 e. The lowest BCUT2D eigenvalue weighted by Gasteiger charge is -2.06. The maximum absolute atomic E-state index is 11.7. The molecule has 0 aliphatic carbocycles. The van der Waals surface area contributed by atoms with E-state index in [-0.39, 0.29) is 5.57 Å². The largest absolute Gasteiger partial charge is 0.497 e. The molecule has 0 aliphatic heterocycles. The van der Waals surface area contributed by atoms with Gasteiger partial charge in [-0.05, 0) is 17.7 Å². The fourth-order valence-corrected chi connectivity index (χ4v) is 1.56. The smallest absolute Gasteiger partial charge is 0.263 e. The maximum Gasteiger partial charge on any atom is 0.263 e. The Labute approximate surface area is 124 Å². The van der Waals surface area contributed by atoms with Crippen molar-refractivity contribution < 1.29 is 14.3 Å². The normalized spacial score (nSPS) is 10.6. The Bertz CT molecular complexity index is 535. The zero-order valence-corrected chi connectivity index (χ0v) is 12.2. The summed E-state index contributed by atoms with van der Waals surface area (Å²) in [4.78, 5) is 11.7. The highest BCUT2D eigenvalue weighted by molar-refractivity contribution is 5.97. The molecule has 1 amide bonds. The molecule has 0 saturated carbocycles. The Morgan fingerprint density at radius 3 is 2.90 bits per heavy atom. The first-order valence-corrected chi connectivity index (χ1v) is 6.45. The summed E-state index contributed by atoms with van der Waals surface area (Å²) < 4.78 is 9.95. The van der Waals surface area contributed by atoms with Gasteiger partial charge in [0.15, 0.2) is 0 Å². The SMILES string of the molecule is COCCNC(=O)/C(C#N)=C\NCc1cccc(OC)c1. The average Bonchev–Trinajstić information content (AvgIpc) is 2.52. The van der Waals surface area contributed by atoms with Gasteiger partial charge in [-0.25, -0.2) is 0 Å². The third kappa shape index (κ3) is 5.97. The van der Waals surface area contributed by atoms with Crippen LogP contribution in [0.3, 0.4) is 0 Å². The van der Waals surface area contributed by atoms with Crippen LogP contribution in [0.25, 0.3) is 0 Å². The third-order valence-corrected chi connectivity index (χ3v) is 2.64. The molecule has 6 nitrogen and oxygen atoms in total. The fourth-order valence-electron chi connectivity index (χ4n) is 1.56. The van der Waals surface area contributed by atoms with Crippen LogP contribution >= 0.6 is 0 Å². The Morgan fingerprint density at radius 2 is 2.24 bits per heavy atom. The van der Waals surface area contributed by atoms with E-state index < -0.39 is 5.91 Å². The second-order valence-electron chi connectivity index (χ2n) is 4.15. The molecule has 0 aliphatic rings. The lowest BCUT2D eigenvalue weighted by atomic mass is 10.2. The molecular formula is C15H19N3O3. The number of methoxy groups -OCH3 is 2. The van der Waals surface area contributed by atoms with Crippen LogP contribution in [-0.4, -0.2) is 33.3 Å². The first-order chi connectivity index (χ1) is 10.2. The predicted molar refractivity (Wildman–Crippen MR) is 78.4 cm³/mol. The van der Waals surface area contributed by atoms with Gasteiger partial charge in [-0.15, -0.1) is 0 Å². The molecule has 1 aromatic rings. The third-order valence-electron chi connectivity index (χ3n) is 2.64. The Morgan fingerprint density at radius 1 is 1.43 bits per heavy atom. The van der Waals surface area contributed by atoms with Gasteiger partial charge in [-0.3, -0.25) is 4.79 Å². The molecule has 0 fully saturated rings. The van der Waals surface area contributed by atoms with E-state index in [0.29, 0.717) is 19.7 Å². The summed E-state index contributed by atoms with van der Waals surface area (Å²) in [6.45, 7) is 1.26. The van der Waals surface area contributed by atoms with Crippen molar-refractivity contribution >= 4 is 5.91 Å². The van der Waals surface area contributed by atoms with E-state index in [1.54, 1.807) is 14.2 Å². The first kappa shape index (κ1) is 16.5. The van der Waals surface area contributed by atoms with E-state index in [4.69, 9.17) is 14.7 Å². The average molecular weight is 289 g/mol. The Hall–Kier alpha value is -2.52. The highest BCUT2D eigenvalue weighted by atomic mass is 16.5. The highest BCUT2D eigenvalue weighted by Gasteiger charge is 2.07. The van der Waals surface area contributed by atoms with Gasteiger partial charge in [0.2, 0.25) is 0 Å². The predicted octanol–water partition coefficient (Wildman–Crippen LogP) is 0.955. The van der Waals surface area contributed by atoms with Gasteiger partial charge in [-0.2, -0.15) is 5.26 Å². The van der Waals surface area contributed by atoms with Gasteiger partial charge < -0.3 is 20.1 Å². The minimum atomic E-state index is -0.423. The molecule has 6 heteroatoms. The van der Waals surface area contributed by atoms with Crippen LogP contribution in [0, 0.1) is 11.3 Å². The molecule has 0 aromatic heterocycles. The van der Waals surface area contributed by atoms with Crippen molar-refractivity contribution in [3.05, 3.63) is 41.6 Å². The van der Waals surface area contributed by atoms with Gasteiger partial charge in [-0.1, -0.05) is 12.1 Å². The van der Waals surface area contributed by atoms with Crippen molar-refractivity contribution in [1.29, 1.82) is 5.26 Å². The molecule has 0 radical (unpaired) electrons. The van der Waals surface area contributed by atoms with Crippen LogP contribution in [0.4, 0.5) is 0 Å². The van der Waals surface area contributed by atoms with Crippen LogP contribution in [0.1, 0.15) is 5.56 Å². The zero-order chi connectivity index (χ0) is 15.5. The molecular weight excluding hydrogens is 270 g/mol. The van der Waals surface area contributed by atoms with E-state index in [2.05, 4.69) is 10.6 Å².